The van der Waals surface area contributed by atoms with E-state index in [9.17, 15) is 9.90 Å². The van der Waals surface area contributed by atoms with Crippen LogP contribution in [0, 0.1) is 6.92 Å². The van der Waals surface area contributed by atoms with Gasteiger partial charge in [-0.1, -0.05) is 0 Å². The molecule has 11 heavy (non-hydrogen) atoms. The van der Waals surface area contributed by atoms with Crippen molar-refractivity contribution in [1.82, 2.24) is 4.57 Å². The minimum Gasteiger partial charge on any atom is -0.386 e. The van der Waals surface area contributed by atoms with Crippen molar-refractivity contribution in [2.24, 2.45) is 0 Å². The average molecular weight is 151 g/mol. The van der Waals surface area contributed by atoms with Crippen LogP contribution in [-0.4, -0.2) is 15.6 Å². The molecule has 0 aliphatic carbocycles. The third kappa shape index (κ3) is 0.744. The second-order valence-corrected chi connectivity index (χ2v) is 2.87. The number of aliphatic hydroxyl groups excluding tert-OH is 1. The Bertz CT molecular complexity index is 314. The van der Waals surface area contributed by atoms with Crippen LogP contribution in [0.3, 0.4) is 0 Å². The van der Waals surface area contributed by atoms with Crippen LogP contribution >= 0.6 is 0 Å². The molecule has 58 valence electrons. The predicted molar refractivity (Wildman–Crippen MR) is 39.4 cm³/mol. The highest BCUT2D eigenvalue weighted by molar-refractivity contribution is 5.83. The standard InChI is InChI=1S/C8H9NO2/c1-5-2-3-9-7(11)4-6(10)8(5)9/h2-3,6,10H,4H2,1H3/t6-/m0/s1. The molecule has 3 nitrogen and oxygen atoms in total. The average Bonchev–Trinajstić information content (AvgIpc) is 2.41. The van der Waals surface area contributed by atoms with E-state index in [2.05, 4.69) is 0 Å². The van der Waals surface area contributed by atoms with Crippen molar-refractivity contribution < 1.29 is 9.90 Å². The zero-order valence-corrected chi connectivity index (χ0v) is 6.24. The third-order valence-electron chi connectivity index (χ3n) is 2.09. The minimum atomic E-state index is -0.586. The Morgan fingerprint density at radius 2 is 2.45 bits per heavy atom. The van der Waals surface area contributed by atoms with Crippen LogP contribution < -0.4 is 0 Å². The van der Waals surface area contributed by atoms with Crippen molar-refractivity contribution in [3.05, 3.63) is 23.5 Å². The van der Waals surface area contributed by atoms with E-state index in [1.807, 2.05) is 13.0 Å². The van der Waals surface area contributed by atoms with Gasteiger partial charge in [0, 0.05) is 6.20 Å². The summed E-state index contributed by atoms with van der Waals surface area (Å²) in [6.45, 7) is 1.90. The first-order valence-electron chi connectivity index (χ1n) is 3.59. The van der Waals surface area contributed by atoms with E-state index in [-0.39, 0.29) is 12.3 Å². The van der Waals surface area contributed by atoms with Crippen molar-refractivity contribution in [1.29, 1.82) is 0 Å². The second-order valence-electron chi connectivity index (χ2n) is 2.87. The Kier molecular flexibility index (Phi) is 1.17. The number of carbonyl (C=O) groups excluding carboxylic acids is 1. The molecule has 0 unspecified atom stereocenters. The van der Waals surface area contributed by atoms with Crippen LogP contribution in [0.2, 0.25) is 0 Å². The zero-order chi connectivity index (χ0) is 8.01. The monoisotopic (exact) mass is 151 g/mol. The lowest BCUT2D eigenvalue weighted by atomic mass is 10.2. The van der Waals surface area contributed by atoms with E-state index >= 15 is 0 Å². The van der Waals surface area contributed by atoms with Crippen molar-refractivity contribution in [3.8, 4) is 0 Å². The zero-order valence-electron chi connectivity index (χ0n) is 6.24. The fourth-order valence-corrected chi connectivity index (χ4v) is 1.54. The Labute approximate surface area is 64.3 Å². The first kappa shape index (κ1) is 6.61. The lowest BCUT2D eigenvalue weighted by Gasteiger charge is -1.98. The van der Waals surface area contributed by atoms with Gasteiger partial charge in [0.1, 0.15) is 6.10 Å². The number of nitrogens with zero attached hydrogens (tertiary/aromatic N) is 1. The summed E-state index contributed by atoms with van der Waals surface area (Å²) in [6, 6.07) is 1.84. The quantitative estimate of drug-likeness (QED) is 0.598. The molecule has 1 aliphatic heterocycles. The normalized spacial score (nSPS) is 22.4. The molecule has 1 atom stereocenters. The summed E-state index contributed by atoms with van der Waals surface area (Å²) >= 11 is 0. The van der Waals surface area contributed by atoms with E-state index < -0.39 is 6.10 Å². The SMILES string of the molecule is Cc1ccn2c1[C@@H](O)CC2=O. The molecule has 0 radical (unpaired) electrons. The lowest BCUT2D eigenvalue weighted by Crippen LogP contribution is -2.00. The van der Waals surface area contributed by atoms with Crippen molar-refractivity contribution in [2.45, 2.75) is 19.4 Å². The first-order valence-corrected chi connectivity index (χ1v) is 3.59. The molecule has 0 saturated carbocycles. The van der Waals surface area contributed by atoms with E-state index in [4.69, 9.17) is 0 Å². The summed E-state index contributed by atoms with van der Waals surface area (Å²) in [5.74, 6) is -0.0133. The van der Waals surface area contributed by atoms with Gasteiger partial charge in [0.05, 0.1) is 12.1 Å². The molecule has 0 aromatic carbocycles. The maximum Gasteiger partial charge on any atom is 0.233 e. The lowest BCUT2D eigenvalue weighted by molar-refractivity contribution is 0.0878. The molecule has 0 fully saturated rings. The number of carbonyl (C=O) groups is 1. The van der Waals surface area contributed by atoms with Gasteiger partial charge in [-0.2, -0.15) is 0 Å². The molecule has 0 saturated heterocycles. The largest absolute Gasteiger partial charge is 0.386 e. The van der Waals surface area contributed by atoms with Crippen LogP contribution in [-0.2, 0) is 0 Å². The molecule has 3 heteroatoms. The van der Waals surface area contributed by atoms with Gasteiger partial charge in [-0.25, -0.2) is 0 Å². The summed E-state index contributed by atoms with van der Waals surface area (Å²) in [5.41, 5.74) is 1.75. The summed E-state index contributed by atoms with van der Waals surface area (Å²) in [6.07, 6.45) is 1.36. The van der Waals surface area contributed by atoms with Gasteiger partial charge >= 0.3 is 0 Å². The third-order valence-corrected chi connectivity index (χ3v) is 2.09. The smallest absolute Gasteiger partial charge is 0.233 e. The number of aryl methyl sites for hydroxylation is 1. The van der Waals surface area contributed by atoms with E-state index in [0.29, 0.717) is 0 Å². The van der Waals surface area contributed by atoms with Crippen LogP contribution in [0.1, 0.15) is 28.6 Å². The van der Waals surface area contributed by atoms with Gasteiger partial charge in [-0.05, 0) is 18.6 Å². The first-order chi connectivity index (χ1) is 5.20. The Morgan fingerprint density at radius 3 is 3.09 bits per heavy atom. The van der Waals surface area contributed by atoms with Crippen molar-refractivity contribution >= 4 is 5.91 Å². The van der Waals surface area contributed by atoms with Crippen LogP contribution in [0.25, 0.3) is 0 Å². The Balaban J connectivity index is 2.63. The number of fused-ring (bicyclic) bond motifs is 1. The highest BCUT2D eigenvalue weighted by Gasteiger charge is 2.28. The predicted octanol–water partition coefficient (Wildman–Crippen LogP) is 0.874. The van der Waals surface area contributed by atoms with Gasteiger partial charge in [-0.3, -0.25) is 9.36 Å². The Morgan fingerprint density at radius 1 is 1.73 bits per heavy atom. The van der Waals surface area contributed by atoms with Crippen LogP contribution in [0.4, 0.5) is 0 Å². The van der Waals surface area contributed by atoms with E-state index in [1.165, 1.54) is 4.57 Å². The second kappa shape index (κ2) is 1.95. The fourth-order valence-electron chi connectivity index (χ4n) is 1.54. The van der Waals surface area contributed by atoms with Gasteiger partial charge < -0.3 is 5.11 Å². The van der Waals surface area contributed by atoms with E-state index in [0.717, 1.165) is 11.3 Å². The number of hydrogen-bond acceptors (Lipinski definition) is 2. The number of aromatic nitrogens is 1. The minimum absolute atomic E-state index is 0.0133. The molecular formula is C8H9NO2. The molecular weight excluding hydrogens is 142 g/mol. The Hall–Kier alpha value is -1.09. The fraction of sp³-hybridized carbons (Fsp3) is 0.375. The summed E-state index contributed by atoms with van der Waals surface area (Å²) in [4.78, 5) is 11.1. The maximum atomic E-state index is 11.1. The highest BCUT2D eigenvalue weighted by Crippen LogP contribution is 2.28. The summed E-state index contributed by atoms with van der Waals surface area (Å²) < 4.78 is 1.53. The maximum absolute atomic E-state index is 11.1. The molecule has 1 aromatic heterocycles. The van der Waals surface area contributed by atoms with Gasteiger partial charge in [-0.15, -0.1) is 0 Å². The number of hydrogen-bond donors (Lipinski definition) is 1. The van der Waals surface area contributed by atoms with E-state index in [1.54, 1.807) is 6.20 Å². The van der Waals surface area contributed by atoms with Crippen LogP contribution in [0.15, 0.2) is 12.3 Å². The molecule has 1 aromatic rings. The molecule has 0 bridgehead atoms. The van der Waals surface area contributed by atoms with Crippen LogP contribution in [0.5, 0.6) is 0 Å². The number of aliphatic hydroxyl groups is 1. The summed E-state index contributed by atoms with van der Waals surface area (Å²) in [5, 5.41) is 9.38. The number of rotatable bonds is 0. The molecule has 2 rings (SSSR count). The van der Waals surface area contributed by atoms with Crippen molar-refractivity contribution in [3.63, 3.8) is 0 Å². The molecule has 1 N–H and O–H groups in total. The van der Waals surface area contributed by atoms with Gasteiger partial charge in [0.25, 0.3) is 0 Å². The molecule has 0 spiro atoms. The van der Waals surface area contributed by atoms with Crippen molar-refractivity contribution in [2.75, 3.05) is 0 Å². The molecule has 0 amide bonds. The molecule has 1 aliphatic rings. The molecule has 2 heterocycles. The van der Waals surface area contributed by atoms with Gasteiger partial charge in [0.2, 0.25) is 5.91 Å². The topological polar surface area (TPSA) is 42.2 Å². The highest BCUT2D eigenvalue weighted by atomic mass is 16.3. The summed E-state index contributed by atoms with van der Waals surface area (Å²) in [7, 11) is 0. The van der Waals surface area contributed by atoms with Gasteiger partial charge in [0.15, 0.2) is 0 Å².